The van der Waals surface area contributed by atoms with Gasteiger partial charge in [0.1, 0.15) is 6.33 Å². The van der Waals surface area contributed by atoms with Crippen molar-refractivity contribution in [1.29, 1.82) is 0 Å². The highest BCUT2D eigenvalue weighted by molar-refractivity contribution is 5.35. The summed E-state index contributed by atoms with van der Waals surface area (Å²) in [6.07, 6.45) is 5.52. The van der Waals surface area contributed by atoms with Crippen LogP contribution in [0, 0.1) is 0 Å². The Hall–Kier alpha value is -1.38. The third-order valence-corrected chi connectivity index (χ3v) is 1.89. The molecule has 3 nitrogen and oxygen atoms in total. The first-order valence-electron chi connectivity index (χ1n) is 4.06. The van der Waals surface area contributed by atoms with Crippen LogP contribution >= 0.6 is 0 Å². The lowest BCUT2D eigenvalue weighted by Crippen LogP contribution is -1.94. The van der Waals surface area contributed by atoms with Crippen molar-refractivity contribution in [2.24, 2.45) is 0 Å². The van der Waals surface area contributed by atoms with E-state index in [2.05, 4.69) is 23.8 Å². The van der Waals surface area contributed by atoms with E-state index in [9.17, 15) is 0 Å². The smallest absolute Gasteiger partial charge is 0.156 e. The second kappa shape index (κ2) is 2.59. The summed E-state index contributed by atoms with van der Waals surface area (Å²) >= 11 is 0. The van der Waals surface area contributed by atoms with Gasteiger partial charge in [-0.05, 0) is 12.0 Å². The first-order chi connectivity index (χ1) is 5.77. The minimum absolute atomic E-state index is 0.477. The molecule has 2 heterocycles. The van der Waals surface area contributed by atoms with Crippen molar-refractivity contribution in [3.8, 4) is 0 Å². The topological polar surface area (TPSA) is 30.2 Å². The van der Waals surface area contributed by atoms with Gasteiger partial charge in [0.05, 0.1) is 6.20 Å². The molecular formula is C9H11N3. The molecule has 2 aromatic heterocycles. The Balaban J connectivity index is 2.60. The second-order valence-electron chi connectivity index (χ2n) is 3.17. The Morgan fingerprint density at radius 2 is 2.25 bits per heavy atom. The third-order valence-electron chi connectivity index (χ3n) is 1.89. The van der Waals surface area contributed by atoms with Crippen molar-refractivity contribution in [2.45, 2.75) is 19.8 Å². The molecule has 3 heteroatoms. The van der Waals surface area contributed by atoms with Crippen LogP contribution in [-0.2, 0) is 0 Å². The van der Waals surface area contributed by atoms with Crippen LogP contribution in [0.1, 0.15) is 25.5 Å². The number of aromatic nitrogens is 3. The summed E-state index contributed by atoms with van der Waals surface area (Å²) in [5.41, 5.74) is 2.03. The van der Waals surface area contributed by atoms with Gasteiger partial charge in [0.15, 0.2) is 5.65 Å². The molecule has 0 amide bonds. The maximum atomic E-state index is 4.44. The standard InChI is InChI=1S/C9H11N3/c1-7(2)8-3-4-12-6-10-5-9(12)11-8/h3-7H,1-2H3. The van der Waals surface area contributed by atoms with Gasteiger partial charge in [-0.2, -0.15) is 0 Å². The summed E-state index contributed by atoms with van der Waals surface area (Å²) in [6.45, 7) is 4.27. The van der Waals surface area contributed by atoms with Gasteiger partial charge in [0.25, 0.3) is 0 Å². The fourth-order valence-electron chi connectivity index (χ4n) is 1.15. The van der Waals surface area contributed by atoms with Crippen LogP contribution in [0.2, 0.25) is 0 Å². The lowest BCUT2D eigenvalue weighted by atomic mass is 10.1. The average Bonchev–Trinajstić information content (AvgIpc) is 2.49. The molecule has 0 aliphatic rings. The highest BCUT2D eigenvalue weighted by Gasteiger charge is 2.01. The van der Waals surface area contributed by atoms with Crippen molar-refractivity contribution in [3.05, 3.63) is 30.5 Å². The Kier molecular flexibility index (Phi) is 1.57. The largest absolute Gasteiger partial charge is 0.291 e. The fourth-order valence-corrected chi connectivity index (χ4v) is 1.15. The molecule has 2 rings (SSSR count). The van der Waals surface area contributed by atoms with Gasteiger partial charge >= 0.3 is 0 Å². The van der Waals surface area contributed by atoms with Gasteiger partial charge in [-0.25, -0.2) is 9.97 Å². The van der Waals surface area contributed by atoms with E-state index in [0.29, 0.717) is 5.92 Å². The molecule has 0 radical (unpaired) electrons. The molecule has 0 saturated heterocycles. The summed E-state index contributed by atoms with van der Waals surface area (Å²) in [7, 11) is 0. The molecule has 62 valence electrons. The maximum absolute atomic E-state index is 4.44. The summed E-state index contributed by atoms with van der Waals surface area (Å²) in [4.78, 5) is 8.44. The predicted octanol–water partition coefficient (Wildman–Crippen LogP) is 1.85. The normalized spacial score (nSPS) is 11.2. The van der Waals surface area contributed by atoms with E-state index in [1.165, 1.54) is 0 Å². The maximum Gasteiger partial charge on any atom is 0.156 e. The van der Waals surface area contributed by atoms with Gasteiger partial charge in [0, 0.05) is 11.9 Å². The molecule has 0 N–H and O–H groups in total. The third kappa shape index (κ3) is 1.07. The molecule has 0 saturated carbocycles. The zero-order valence-corrected chi connectivity index (χ0v) is 7.23. The van der Waals surface area contributed by atoms with E-state index in [-0.39, 0.29) is 0 Å². The fraction of sp³-hybridized carbons (Fsp3) is 0.333. The minimum Gasteiger partial charge on any atom is -0.291 e. The molecule has 0 spiro atoms. The monoisotopic (exact) mass is 161 g/mol. The average molecular weight is 161 g/mol. The zero-order chi connectivity index (χ0) is 8.55. The van der Waals surface area contributed by atoms with Gasteiger partial charge in [-0.1, -0.05) is 13.8 Å². The quantitative estimate of drug-likeness (QED) is 0.639. The van der Waals surface area contributed by atoms with Gasteiger partial charge in [-0.3, -0.25) is 4.40 Å². The van der Waals surface area contributed by atoms with Crippen molar-refractivity contribution in [1.82, 2.24) is 14.4 Å². The lowest BCUT2D eigenvalue weighted by molar-refractivity contribution is 0.819. The molecule has 0 aromatic carbocycles. The number of hydrogen-bond acceptors (Lipinski definition) is 2. The molecule has 0 atom stereocenters. The summed E-state index contributed by atoms with van der Waals surface area (Å²) in [5, 5.41) is 0. The Morgan fingerprint density at radius 1 is 1.42 bits per heavy atom. The van der Waals surface area contributed by atoms with Crippen LogP contribution in [-0.4, -0.2) is 14.4 Å². The molecule has 0 unspecified atom stereocenters. The van der Waals surface area contributed by atoms with Gasteiger partial charge in [0.2, 0.25) is 0 Å². The molecule has 0 bridgehead atoms. The number of fused-ring (bicyclic) bond motifs is 1. The molecule has 0 aliphatic carbocycles. The van der Waals surface area contributed by atoms with Gasteiger partial charge < -0.3 is 0 Å². The van der Waals surface area contributed by atoms with Crippen molar-refractivity contribution >= 4 is 5.65 Å². The second-order valence-corrected chi connectivity index (χ2v) is 3.17. The van der Waals surface area contributed by atoms with Crippen LogP contribution in [0.4, 0.5) is 0 Å². The van der Waals surface area contributed by atoms with Crippen molar-refractivity contribution < 1.29 is 0 Å². The first kappa shape index (κ1) is 7.28. The van der Waals surface area contributed by atoms with Crippen molar-refractivity contribution in [3.63, 3.8) is 0 Å². The predicted molar refractivity (Wildman–Crippen MR) is 47.1 cm³/mol. The highest BCUT2D eigenvalue weighted by Crippen LogP contribution is 2.11. The van der Waals surface area contributed by atoms with Crippen LogP contribution in [0.5, 0.6) is 0 Å². The summed E-state index contributed by atoms with van der Waals surface area (Å²) < 4.78 is 1.91. The van der Waals surface area contributed by atoms with E-state index in [4.69, 9.17) is 0 Å². The first-order valence-corrected chi connectivity index (χ1v) is 4.06. The Morgan fingerprint density at radius 3 is 3.00 bits per heavy atom. The number of rotatable bonds is 1. The van der Waals surface area contributed by atoms with E-state index in [0.717, 1.165) is 11.3 Å². The van der Waals surface area contributed by atoms with E-state index < -0.39 is 0 Å². The van der Waals surface area contributed by atoms with Crippen LogP contribution < -0.4 is 0 Å². The molecule has 2 aromatic rings. The Labute approximate surface area is 71.1 Å². The molecule has 12 heavy (non-hydrogen) atoms. The van der Waals surface area contributed by atoms with Crippen LogP contribution in [0.15, 0.2) is 24.8 Å². The highest BCUT2D eigenvalue weighted by atomic mass is 15.0. The molecular weight excluding hydrogens is 150 g/mol. The van der Waals surface area contributed by atoms with Gasteiger partial charge in [-0.15, -0.1) is 0 Å². The summed E-state index contributed by atoms with van der Waals surface area (Å²) in [6, 6.07) is 2.03. The molecule has 0 aliphatic heterocycles. The van der Waals surface area contributed by atoms with Crippen LogP contribution in [0.3, 0.4) is 0 Å². The number of nitrogens with zero attached hydrogens (tertiary/aromatic N) is 3. The number of hydrogen-bond donors (Lipinski definition) is 0. The minimum atomic E-state index is 0.477. The number of imidazole rings is 1. The van der Waals surface area contributed by atoms with Crippen molar-refractivity contribution in [2.75, 3.05) is 0 Å². The van der Waals surface area contributed by atoms with Crippen LogP contribution in [0.25, 0.3) is 5.65 Å². The zero-order valence-electron chi connectivity index (χ0n) is 7.23. The molecule has 0 fully saturated rings. The SMILES string of the molecule is CC(C)c1ccn2cncc2n1. The lowest BCUT2D eigenvalue weighted by Gasteiger charge is -2.03. The van der Waals surface area contributed by atoms with E-state index in [1.54, 1.807) is 12.5 Å². The summed E-state index contributed by atoms with van der Waals surface area (Å²) in [5.74, 6) is 0.477. The van der Waals surface area contributed by atoms with E-state index >= 15 is 0 Å². The Bertz CT molecular complexity index is 389. The van der Waals surface area contributed by atoms with E-state index in [1.807, 2.05) is 16.7 Å².